The van der Waals surface area contributed by atoms with Crippen molar-refractivity contribution in [1.29, 1.82) is 0 Å². The van der Waals surface area contributed by atoms with E-state index >= 15 is 0 Å². The predicted molar refractivity (Wildman–Crippen MR) is 136 cm³/mol. The van der Waals surface area contributed by atoms with Gasteiger partial charge in [-0.1, -0.05) is 0 Å². The molecule has 0 aliphatic carbocycles. The lowest BCUT2D eigenvalue weighted by Gasteiger charge is -2.31. The molecule has 0 saturated carbocycles. The van der Waals surface area contributed by atoms with Gasteiger partial charge in [0.25, 0.3) is 5.91 Å². The molecule has 4 rings (SSSR count). The highest BCUT2D eigenvalue weighted by atomic mass is 19.4. The van der Waals surface area contributed by atoms with Crippen LogP contribution < -0.4 is 21.5 Å². The molecule has 0 bridgehead atoms. The fourth-order valence-corrected chi connectivity index (χ4v) is 4.03. The predicted octanol–water partition coefficient (Wildman–Crippen LogP) is 2.72. The molecule has 0 spiro atoms. The number of nitrogens with two attached hydrogens (primary N) is 2. The molecule has 10 nitrogen and oxygen atoms in total. The van der Waals surface area contributed by atoms with Crippen molar-refractivity contribution in [3.8, 4) is 17.0 Å². The molecule has 1 aromatic carbocycles. The third kappa shape index (κ3) is 5.66. The molecule has 210 valence electrons. The van der Waals surface area contributed by atoms with E-state index in [0.29, 0.717) is 5.52 Å². The highest BCUT2D eigenvalue weighted by molar-refractivity contribution is 5.95. The maximum absolute atomic E-state index is 14.4. The SMILES string of the molecule is CCOc1c(CC(N)=O)cc([C@@](O)(CNC(=O)c2ccn3nc(N)cc3c2)C(F)(F)F)nc1-c1ccc(F)cc1. The summed E-state index contributed by atoms with van der Waals surface area (Å²) < 4.78 is 63.9. The van der Waals surface area contributed by atoms with Crippen molar-refractivity contribution in [2.24, 2.45) is 5.73 Å². The van der Waals surface area contributed by atoms with Crippen LogP contribution in [0.1, 0.15) is 28.5 Å². The maximum atomic E-state index is 14.4. The van der Waals surface area contributed by atoms with Gasteiger partial charge in [-0.3, -0.25) is 9.59 Å². The number of alkyl halides is 3. The number of hydrogen-bond acceptors (Lipinski definition) is 7. The van der Waals surface area contributed by atoms with Crippen LogP contribution in [-0.4, -0.2) is 50.8 Å². The van der Waals surface area contributed by atoms with Crippen molar-refractivity contribution in [1.82, 2.24) is 19.9 Å². The molecule has 4 aromatic rings. The quantitative estimate of drug-likeness (QED) is 0.229. The molecule has 2 amide bonds. The summed E-state index contributed by atoms with van der Waals surface area (Å²) in [5.41, 5.74) is 6.59. The largest absolute Gasteiger partial charge is 0.491 e. The fraction of sp³-hybridized carbons (Fsp3) is 0.231. The molecule has 0 radical (unpaired) electrons. The Labute approximate surface area is 224 Å². The summed E-state index contributed by atoms with van der Waals surface area (Å²) in [5.74, 6) is -2.30. The number of anilines is 1. The zero-order chi connectivity index (χ0) is 29.2. The van der Waals surface area contributed by atoms with Gasteiger partial charge in [-0.25, -0.2) is 13.9 Å². The molecule has 0 aliphatic heterocycles. The number of nitrogens with one attached hydrogen (secondary N) is 1. The smallest absolute Gasteiger partial charge is 0.424 e. The van der Waals surface area contributed by atoms with Crippen LogP contribution in [0.3, 0.4) is 0 Å². The van der Waals surface area contributed by atoms with Crippen molar-refractivity contribution < 1.29 is 37.0 Å². The first kappa shape index (κ1) is 28.3. The van der Waals surface area contributed by atoms with Gasteiger partial charge < -0.3 is 26.6 Å². The minimum atomic E-state index is -5.34. The van der Waals surface area contributed by atoms with Crippen LogP contribution in [0.2, 0.25) is 0 Å². The number of amides is 2. The second-order valence-corrected chi connectivity index (χ2v) is 8.82. The number of carbonyl (C=O) groups is 2. The normalized spacial score (nSPS) is 13.2. The molecule has 40 heavy (non-hydrogen) atoms. The Balaban J connectivity index is 1.79. The summed E-state index contributed by atoms with van der Waals surface area (Å²) in [6.07, 6.45) is -4.49. The van der Waals surface area contributed by atoms with Crippen molar-refractivity contribution in [2.75, 3.05) is 18.9 Å². The third-order valence-corrected chi connectivity index (χ3v) is 5.96. The number of aromatic nitrogens is 3. The van der Waals surface area contributed by atoms with E-state index in [1.165, 1.54) is 41.0 Å². The fourth-order valence-electron chi connectivity index (χ4n) is 4.03. The lowest BCUT2D eigenvalue weighted by Crippen LogP contribution is -2.51. The van der Waals surface area contributed by atoms with Crippen LogP contribution in [0, 0.1) is 5.82 Å². The van der Waals surface area contributed by atoms with Crippen LogP contribution in [0.25, 0.3) is 16.8 Å². The zero-order valence-corrected chi connectivity index (χ0v) is 21.0. The average Bonchev–Trinajstić information content (AvgIpc) is 3.26. The van der Waals surface area contributed by atoms with Crippen molar-refractivity contribution in [3.05, 3.63) is 77.4 Å². The van der Waals surface area contributed by atoms with Crippen LogP contribution in [0.15, 0.2) is 54.7 Å². The second kappa shape index (κ2) is 10.8. The van der Waals surface area contributed by atoms with Gasteiger partial charge >= 0.3 is 6.18 Å². The minimum Gasteiger partial charge on any atom is -0.491 e. The number of benzene rings is 1. The highest BCUT2D eigenvalue weighted by Gasteiger charge is 2.56. The summed E-state index contributed by atoms with van der Waals surface area (Å²) in [6.45, 7) is 0.323. The van der Waals surface area contributed by atoms with E-state index in [1.54, 1.807) is 6.92 Å². The first-order valence-corrected chi connectivity index (χ1v) is 11.9. The van der Waals surface area contributed by atoms with Crippen LogP contribution >= 0.6 is 0 Å². The number of ether oxygens (including phenoxy) is 1. The molecule has 0 fully saturated rings. The summed E-state index contributed by atoms with van der Waals surface area (Å²) in [7, 11) is 0. The monoisotopic (exact) mass is 560 g/mol. The molecule has 0 saturated heterocycles. The summed E-state index contributed by atoms with van der Waals surface area (Å²) in [5, 5.41) is 17.1. The number of pyridine rings is 2. The third-order valence-electron chi connectivity index (χ3n) is 5.96. The second-order valence-electron chi connectivity index (χ2n) is 8.82. The van der Waals surface area contributed by atoms with Gasteiger partial charge in [-0.05, 0) is 49.4 Å². The van der Waals surface area contributed by atoms with E-state index in [1.807, 2.05) is 0 Å². The van der Waals surface area contributed by atoms with E-state index in [9.17, 15) is 32.3 Å². The van der Waals surface area contributed by atoms with E-state index in [4.69, 9.17) is 16.2 Å². The molecule has 1 atom stereocenters. The van der Waals surface area contributed by atoms with E-state index in [0.717, 1.165) is 18.2 Å². The number of fused-ring (bicyclic) bond motifs is 1. The molecule has 0 unspecified atom stereocenters. The number of primary amides is 1. The Kier molecular flexibility index (Phi) is 7.64. The Morgan fingerprint density at radius 2 is 1.82 bits per heavy atom. The highest BCUT2D eigenvalue weighted by Crippen LogP contribution is 2.42. The Morgan fingerprint density at radius 1 is 1.12 bits per heavy atom. The number of halogens is 4. The van der Waals surface area contributed by atoms with Gasteiger partial charge in [0.05, 0.1) is 30.8 Å². The maximum Gasteiger partial charge on any atom is 0.424 e. The topological polar surface area (TPSA) is 158 Å². The summed E-state index contributed by atoms with van der Waals surface area (Å²) >= 11 is 0. The van der Waals surface area contributed by atoms with Crippen molar-refractivity contribution in [2.45, 2.75) is 25.1 Å². The number of carbonyl (C=O) groups excluding carboxylic acids is 2. The van der Waals surface area contributed by atoms with Gasteiger partial charge in [0.15, 0.2) is 0 Å². The molecule has 6 N–H and O–H groups in total. The molecule has 3 aromatic heterocycles. The van der Waals surface area contributed by atoms with Gasteiger partial charge in [-0.15, -0.1) is 0 Å². The number of aliphatic hydroxyl groups is 1. The van der Waals surface area contributed by atoms with E-state index < -0.39 is 48.1 Å². The number of nitrogen functional groups attached to an aromatic ring is 1. The standard InChI is InChI=1S/C26H24F4N6O4/c1-2-40-23-16(11-21(32)37)10-19(34-22(23)14-3-5-17(27)6-4-14)25(39,26(28,29)30)13-33-24(38)15-7-8-36-18(9-15)12-20(31)35-36/h3-10,12,39H,2,11,13H2,1H3,(H2,31,35)(H2,32,37)(H,33,38)/t25-/m0/s1. The molecule has 3 heterocycles. The molecular weight excluding hydrogens is 536 g/mol. The van der Waals surface area contributed by atoms with Crippen LogP contribution in [0.4, 0.5) is 23.4 Å². The lowest BCUT2D eigenvalue weighted by molar-refractivity contribution is -0.265. The molecule has 0 aliphatic rings. The summed E-state index contributed by atoms with van der Waals surface area (Å²) in [6, 6.07) is 9.62. The van der Waals surface area contributed by atoms with Crippen molar-refractivity contribution >= 4 is 23.1 Å². The Morgan fingerprint density at radius 3 is 2.45 bits per heavy atom. The number of hydrogen-bond donors (Lipinski definition) is 4. The van der Waals surface area contributed by atoms with Gasteiger partial charge in [0.2, 0.25) is 11.5 Å². The lowest BCUT2D eigenvalue weighted by atomic mass is 9.93. The zero-order valence-electron chi connectivity index (χ0n) is 21.0. The van der Waals surface area contributed by atoms with Gasteiger partial charge in [-0.2, -0.15) is 18.3 Å². The first-order chi connectivity index (χ1) is 18.8. The van der Waals surface area contributed by atoms with Crippen LogP contribution in [0.5, 0.6) is 5.75 Å². The summed E-state index contributed by atoms with van der Waals surface area (Å²) in [4.78, 5) is 28.6. The first-order valence-electron chi connectivity index (χ1n) is 11.9. The van der Waals surface area contributed by atoms with E-state index in [-0.39, 0.29) is 40.6 Å². The van der Waals surface area contributed by atoms with Crippen LogP contribution in [-0.2, 0) is 16.8 Å². The number of rotatable bonds is 9. The van der Waals surface area contributed by atoms with Gasteiger partial charge in [0.1, 0.15) is 23.1 Å². The van der Waals surface area contributed by atoms with Crippen molar-refractivity contribution in [3.63, 3.8) is 0 Å². The average molecular weight is 561 g/mol. The van der Waals surface area contributed by atoms with E-state index in [2.05, 4.69) is 15.4 Å². The molecule has 14 heteroatoms. The Hall–Kier alpha value is -4.72. The van der Waals surface area contributed by atoms with Gasteiger partial charge in [0, 0.05) is 29.0 Å². The minimum absolute atomic E-state index is 0.0157. The molecular formula is C26H24F4N6O4. The Bertz CT molecular complexity index is 1570. The number of nitrogens with zero attached hydrogens (tertiary/aromatic N) is 3.